The Kier molecular flexibility index (Phi) is 4.57. The average molecular weight is 290 g/mol. The molecule has 1 aliphatic rings. The quantitative estimate of drug-likeness (QED) is 0.884. The first kappa shape index (κ1) is 15.8. The van der Waals surface area contributed by atoms with Crippen molar-refractivity contribution in [3.63, 3.8) is 0 Å². The number of carbonyl (C=O) groups is 1. The third-order valence-corrected chi connectivity index (χ3v) is 3.40. The van der Waals surface area contributed by atoms with Crippen LogP contribution in [0.2, 0.25) is 0 Å². The highest BCUT2D eigenvalue weighted by Crippen LogP contribution is 2.33. The Bertz CT molecular complexity index is 518. The summed E-state index contributed by atoms with van der Waals surface area (Å²) in [5, 5.41) is 6.38. The Labute approximate surface area is 127 Å². The molecule has 0 heterocycles. The lowest BCUT2D eigenvalue weighted by Gasteiger charge is -2.20. The highest BCUT2D eigenvalue weighted by Gasteiger charge is 2.23. The monoisotopic (exact) mass is 290 g/mol. The van der Waals surface area contributed by atoms with Crippen molar-refractivity contribution >= 4 is 11.8 Å². The van der Waals surface area contributed by atoms with Crippen molar-refractivity contribution in [1.82, 2.24) is 5.32 Å². The SMILES string of the molecule is CC(C)NC1CCc2cc(NC(=O)OC(C)(C)C)ccc21. The van der Waals surface area contributed by atoms with Crippen LogP contribution in [-0.4, -0.2) is 17.7 Å². The summed E-state index contributed by atoms with van der Waals surface area (Å²) in [6.07, 6.45) is 1.75. The summed E-state index contributed by atoms with van der Waals surface area (Å²) >= 11 is 0. The van der Waals surface area contributed by atoms with Crippen molar-refractivity contribution in [3.05, 3.63) is 29.3 Å². The fourth-order valence-electron chi connectivity index (χ4n) is 2.69. The van der Waals surface area contributed by atoms with Gasteiger partial charge in [-0.1, -0.05) is 19.9 Å². The van der Waals surface area contributed by atoms with Crippen molar-refractivity contribution in [2.75, 3.05) is 5.32 Å². The largest absolute Gasteiger partial charge is 0.444 e. The Morgan fingerprint density at radius 2 is 2.05 bits per heavy atom. The Morgan fingerprint density at radius 3 is 2.67 bits per heavy atom. The zero-order valence-corrected chi connectivity index (χ0v) is 13.6. The third kappa shape index (κ3) is 4.46. The van der Waals surface area contributed by atoms with Crippen LogP contribution in [0.1, 0.15) is 58.2 Å². The lowest BCUT2D eigenvalue weighted by atomic mass is 10.1. The van der Waals surface area contributed by atoms with Crippen molar-refractivity contribution in [2.45, 2.75) is 65.1 Å². The van der Waals surface area contributed by atoms with Crippen LogP contribution in [0, 0.1) is 0 Å². The van der Waals surface area contributed by atoms with Gasteiger partial charge in [0.25, 0.3) is 0 Å². The molecule has 0 saturated carbocycles. The van der Waals surface area contributed by atoms with E-state index < -0.39 is 11.7 Å². The Hall–Kier alpha value is -1.55. The summed E-state index contributed by atoms with van der Waals surface area (Å²) < 4.78 is 5.27. The molecule has 116 valence electrons. The van der Waals surface area contributed by atoms with Crippen molar-refractivity contribution in [3.8, 4) is 0 Å². The minimum Gasteiger partial charge on any atom is -0.444 e. The molecule has 4 heteroatoms. The minimum absolute atomic E-state index is 0.405. The van der Waals surface area contributed by atoms with E-state index in [2.05, 4.69) is 36.6 Å². The summed E-state index contributed by atoms with van der Waals surface area (Å²) in [7, 11) is 0. The molecule has 2 rings (SSSR count). The lowest BCUT2D eigenvalue weighted by Crippen LogP contribution is -2.27. The minimum atomic E-state index is -0.479. The van der Waals surface area contributed by atoms with Crippen molar-refractivity contribution in [2.24, 2.45) is 0 Å². The van der Waals surface area contributed by atoms with E-state index in [0.717, 1.165) is 18.5 Å². The van der Waals surface area contributed by atoms with Gasteiger partial charge in [-0.3, -0.25) is 5.32 Å². The number of rotatable bonds is 3. The van der Waals surface area contributed by atoms with Gasteiger partial charge in [-0.25, -0.2) is 4.79 Å². The molecule has 1 unspecified atom stereocenters. The smallest absolute Gasteiger partial charge is 0.412 e. The molecule has 1 aromatic carbocycles. The summed E-state index contributed by atoms with van der Waals surface area (Å²) in [4.78, 5) is 11.8. The predicted octanol–water partition coefficient (Wildman–Crippen LogP) is 4.02. The third-order valence-electron chi connectivity index (χ3n) is 3.40. The van der Waals surface area contributed by atoms with Crippen LogP contribution in [0.15, 0.2) is 18.2 Å². The number of hydrogen-bond donors (Lipinski definition) is 2. The highest BCUT2D eigenvalue weighted by molar-refractivity contribution is 5.85. The zero-order valence-electron chi connectivity index (χ0n) is 13.6. The van der Waals surface area contributed by atoms with E-state index in [1.165, 1.54) is 11.1 Å². The second-order valence-electron chi connectivity index (χ2n) is 6.95. The van der Waals surface area contributed by atoms with Crippen LogP contribution >= 0.6 is 0 Å². The first-order chi connectivity index (χ1) is 9.74. The fraction of sp³-hybridized carbons (Fsp3) is 0.588. The van der Waals surface area contributed by atoms with Crippen LogP contribution in [0.3, 0.4) is 0 Å². The number of anilines is 1. The molecule has 0 radical (unpaired) electrons. The van der Waals surface area contributed by atoms with Gasteiger partial charge in [0.1, 0.15) is 5.60 Å². The van der Waals surface area contributed by atoms with Gasteiger partial charge in [-0.05, 0) is 56.9 Å². The van der Waals surface area contributed by atoms with Gasteiger partial charge in [-0.15, -0.1) is 0 Å². The van der Waals surface area contributed by atoms with Crippen LogP contribution in [0.5, 0.6) is 0 Å². The van der Waals surface area contributed by atoms with E-state index in [9.17, 15) is 4.79 Å². The maximum absolute atomic E-state index is 11.8. The topological polar surface area (TPSA) is 50.4 Å². The van der Waals surface area contributed by atoms with Gasteiger partial charge in [-0.2, -0.15) is 0 Å². The van der Waals surface area contributed by atoms with Crippen LogP contribution in [0.4, 0.5) is 10.5 Å². The molecule has 0 bridgehead atoms. The second kappa shape index (κ2) is 6.06. The number of benzene rings is 1. The van der Waals surface area contributed by atoms with E-state index >= 15 is 0 Å². The lowest BCUT2D eigenvalue weighted by molar-refractivity contribution is 0.0636. The van der Waals surface area contributed by atoms with Gasteiger partial charge in [0.15, 0.2) is 0 Å². The van der Waals surface area contributed by atoms with E-state index in [-0.39, 0.29) is 0 Å². The number of amides is 1. The molecule has 2 N–H and O–H groups in total. The van der Waals surface area contributed by atoms with Gasteiger partial charge >= 0.3 is 6.09 Å². The molecule has 0 saturated heterocycles. The number of aryl methyl sites for hydroxylation is 1. The summed E-state index contributed by atoms with van der Waals surface area (Å²) in [6.45, 7) is 9.90. The predicted molar refractivity (Wildman–Crippen MR) is 85.6 cm³/mol. The fourth-order valence-corrected chi connectivity index (χ4v) is 2.69. The van der Waals surface area contributed by atoms with E-state index in [4.69, 9.17) is 4.74 Å². The molecule has 0 aromatic heterocycles. The van der Waals surface area contributed by atoms with E-state index in [0.29, 0.717) is 12.1 Å². The molecule has 1 amide bonds. The van der Waals surface area contributed by atoms with Crippen LogP contribution in [-0.2, 0) is 11.2 Å². The number of hydrogen-bond acceptors (Lipinski definition) is 3. The number of carbonyl (C=O) groups excluding carboxylic acids is 1. The molecule has 0 fully saturated rings. The number of fused-ring (bicyclic) bond motifs is 1. The van der Waals surface area contributed by atoms with E-state index in [1.54, 1.807) is 0 Å². The molecule has 1 atom stereocenters. The van der Waals surface area contributed by atoms with Gasteiger partial charge in [0.2, 0.25) is 0 Å². The summed E-state index contributed by atoms with van der Waals surface area (Å²) in [5.74, 6) is 0. The molecule has 1 aliphatic carbocycles. The Balaban J connectivity index is 2.04. The molecular formula is C17H26N2O2. The normalized spacial score (nSPS) is 17.7. The summed E-state index contributed by atoms with van der Waals surface area (Å²) in [6, 6.07) is 7.01. The first-order valence-electron chi connectivity index (χ1n) is 7.63. The average Bonchev–Trinajstić information content (AvgIpc) is 2.68. The van der Waals surface area contributed by atoms with Crippen molar-refractivity contribution in [1.29, 1.82) is 0 Å². The first-order valence-corrected chi connectivity index (χ1v) is 7.63. The zero-order chi connectivity index (χ0) is 15.6. The Morgan fingerprint density at radius 1 is 1.33 bits per heavy atom. The highest BCUT2D eigenvalue weighted by atomic mass is 16.6. The number of nitrogens with one attached hydrogen (secondary N) is 2. The molecule has 4 nitrogen and oxygen atoms in total. The van der Waals surface area contributed by atoms with Crippen LogP contribution in [0.25, 0.3) is 0 Å². The molecule has 0 aliphatic heterocycles. The van der Waals surface area contributed by atoms with Gasteiger partial charge < -0.3 is 10.1 Å². The molecule has 0 spiro atoms. The number of ether oxygens (including phenoxy) is 1. The maximum atomic E-state index is 11.8. The molecule has 1 aromatic rings. The van der Waals surface area contributed by atoms with E-state index in [1.807, 2.05) is 26.8 Å². The standard InChI is InChI=1S/C17H26N2O2/c1-11(2)18-15-9-6-12-10-13(7-8-14(12)15)19-16(20)21-17(3,4)5/h7-8,10-11,15,18H,6,9H2,1-5H3,(H,19,20). The molecular weight excluding hydrogens is 264 g/mol. The van der Waals surface area contributed by atoms with Crippen LogP contribution < -0.4 is 10.6 Å². The van der Waals surface area contributed by atoms with Gasteiger partial charge in [0.05, 0.1) is 0 Å². The summed E-state index contributed by atoms with van der Waals surface area (Å²) in [5.41, 5.74) is 2.97. The maximum Gasteiger partial charge on any atom is 0.412 e. The molecule has 21 heavy (non-hydrogen) atoms. The second-order valence-corrected chi connectivity index (χ2v) is 6.95. The van der Waals surface area contributed by atoms with Gasteiger partial charge in [0, 0.05) is 17.8 Å². The van der Waals surface area contributed by atoms with Crippen molar-refractivity contribution < 1.29 is 9.53 Å².